The molecule has 0 bridgehead atoms. The first-order valence-corrected chi connectivity index (χ1v) is 4.45. The lowest BCUT2D eigenvalue weighted by Crippen LogP contribution is -2.27. The van der Waals surface area contributed by atoms with Crippen LogP contribution in [-0.2, 0) is 4.74 Å². The maximum Gasteiger partial charge on any atom is 0.161 e. The molecule has 2 atom stereocenters. The first-order valence-electron chi connectivity index (χ1n) is 4.45. The molecule has 1 spiro atoms. The van der Waals surface area contributed by atoms with Gasteiger partial charge in [0.25, 0.3) is 0 Å². The van der Waals surface area contributed by atoms with Crippen LogP contribution in [0.5, 0.6) is 0 Å². The van der Waals surface area contributed by atoms with Crippen molar-refractivity contribution in [1.82, 2.24) is 0 Å². The Morgan fingerprint density at radius 3 is 3.42 bits per heavy atom. The van der Waals surface area contributed by atoms with Crippen LogP contribution < -0.4 is 0 Å². The largest absolute Gasteiger partial charge is 0.354 e. The summed E-state index contributed by atoms with van der Waals surface area (Å²) in [4.78, 5) is 4.47. The molecule has 2 unspecified atom stereocenters. The second-order valence-corrected chi connectivity index (χ2v) is 3.48. The first kappa shape index (κ1) is 6.61. The summed E-state index contributed by atoms with van der Waals surface area (Å²) in [6.45, 7) is 2.99. The number of nitrogens with zero attached hydrogens (tertiary/aromatic N) is 1. The van der Waals surface area contributed by atoms with Gasteiger partial charge in [0.2, 0.25) is 0 Å². The molecule has 0 radical (unpaired) electrons. The fraction of sp³-hybridized carbons (Fsp3) is 0.500. The van der Waals surface area contributed by atoms with Crippen LogP contribution in [0.25, 0.3) is 0 Å². The standard InChI is InChI=1S/C10H11NO/c1-2-7-3-4-8-10(7)9(12-10)5-6-11-8/h2-4,9H,5-6H2,1H3/b7-2-. The zero-order chi connectivity index (χ0) is 8.18. The van der Waals surface area contributed by atoms with E-state index in [1.807, 2.05) is 0 Å². The van der Waals surface area contributed by atoms with E-state index in [1.54, 1.807) is 0 Å². The van der Waals surface area contributed by atoms with Crippen molar-refractivity contribution >= 4 is 5.71 Å². The molecule has 2 heteroatoms. The molecule has 3 aliphatic rings. The van der Waals surface area contributed by atoms with E-state index in [0.717, 1.165) is 18.7 Å². The summed E-state index contributed by atoms with van der Waals surface area (Å²) >= 11 is 0. The lowest BCUT2D eigenvalue weighted by atomic mass is 9.92. The highest BCUT2D eigenvalue weighted by Gasteiger charge is 2.63. The van der Waals surface area contributed by atoms with Crippen LogP contribution in [0.3, 0.4) is 0 Å². The van der Waals surface area contributed by atoms with Crippen molar-refractivity contribution in [2.75, 3.05) is 6.54 Å². The highest BCUT2D eigenvalue weighted by Crippen LogP contribution is 2.51. The Kier molecular flexibility index (Phi) is 1.04. The Hall–Kier alpha value is -0.890. The van der Waals surface area contributed by atoms with Gasteiger partial charge in [0.15, 0.2) is 5.60 Å². The molecule has 2 heterocycles. The van der Waals surface area contributed by atoms with Gasteiger partial charge in [-0.3, -0.25) is 4.99 Å². The van der Waals surface area contributed by atoms with Crippen LogP contribution in [0.2, 0.25) is 0 Å². The van der Waals surface area contributed by atoms with Crippen molar-refractivity contribution in [2.45, 2.75) is 25.0 Å². The quantitative estimate of drug-likeness (QED) is 0.494. The monoisotopic (exact) mass is 161 g/mol. The number of hydrogen-bond donors (Lipinski definition) is 0. The SMILES string of the molecule is C/C=C1/C=CC2=NCCC3OC213. The molecule has 0 N–H and O–H groups in total. The third-order valence-corrected chi connectivity index (χ3v) is 2.94. The minimum absolute atomic E-state index is 0.0764. The van der Waals surface area contributed by atoms with E-state index < -0.39 is 0 Å². The summed E-state index contributed by atoms with van der Waals surface area (Å²) in [5, 5.41) is 0. The lowest BCUT2D eigenvalue weighted by molar-refractivity contribution is 0.364. The molecule has 12 heavy (non-hydrogen) atoms. The van der Waals surface area contributed by atoms with Gasteiger partial charge >= 0.3 is 0 Å². The molecule has 3 rings (SSSR count). The summed E-state index contributed by atoms with van der Waals surface area (Å²) in [5.41, 5.74) is 2.37. The highest BCUT2D eigenvalue weighted by molar-refractivity contribution is 6.11. The van der Waals surface area contributed by atoms with Crippen LogP contribution >= 0.6 is 0 Å². The highest BCUT2D eigenvalue weighted by atomic mass is 16.6. The van der Waals surface area contributed by atoms with Gasteiger partial charge < -0.3 is 4.74 Å². The number of aliphatic imine (C=N–C) groups is 1. The molecule has 62 valence electrons. The molecule has 1 fully saturated rings. The third kappa shape index (κ3) is 0.547. The molecular formula is C10H11NO. The molecular weight excluding hydrogens is 150 g/mol. The summed E-state index contributed by atoms with van der Waals surface area (Å²) in [6.07, 6.45) is 7.86. The van der Waals surface area contributed by atoms with Gasteiger partial charge in [-0.15, -0.1) is 0 Å². The van der Waals surface area contributed by atoms with E-state index in [-0.39, 0.29) is 5.60 Å². The van der Waals surface area contributed by atoms with Crippen LogP contribution in [0, 0.1) is 0 Å². The maximum atomic E-state index is 5.73. The number of hydrogen-bond acceptors (Lipinski definition) is 2. The van der Waals surface area contributed by atoms with E-state index in [9.17, 15) is 0 Å². The van der Waals surface area contributed by atoms with Gasteiger partial charge in [0.05, 0.1) is 5.71 Å². The van der Waals surface area contributed by atoms with Crippen molar-refractivity contribution in [1.29, 1.82) is 0 Å². The second kappa shape index (κ2) is 1.88. The van der Waals surface area contributed by atoms with Crippen molar-refractivity contribution in [3.8, 4) is 0 Å². The van der Waals surface area contributed by atoms with Crippen molar-refractivity contribution in [3.63, 3.8) is 0 Å². The predicted molar refractivity (Wildman–Crippen MR) is 47.4 cm³/mol. The average Bonchev–Trinajstić information content (AvgIpc) is 2.72. The molecule has 0 aromatic rings. The second-order valence-electron chi connectivity index (χ2n) is 3.48. The van der Waals surface area contributed by atoms with Gasteiger partial charge in [0.1, 0.15) is 6.10 Å². The Morgan fingerprint density at radius 1 is 1.67 bits per heavy atom. The minimum Gasteiger partial charge on any atom is -0.354 e. The molecule has 0 aromatic heterocycles. The van der Waals surface area contributed by atoms with Gasteiger partial charge in [-0.25, -0.2) is 0 Å². The maximum absolute atomic E-state index is 5.73. The number of epoxide rings is 1. The molecule has 0 amide bonds. The van der Waals surface area contributed by atoms with Crippen molar-refractivity contribution in [3.05, 3.63) is 23.8 Å². The topological polar surface area (TPSA) is 24.9 Å². The van der Waals surface area contributed by atoms with Gasteiger partial charge in [-0.05, 0) is 25.0 Å². The summed E-state index contributed by atoms with van der Waals surface area (Å²) in [7, 11) is 0. The van der Waals surface area contributed by atoms with Gasteiger partial charge in [-0.2, -0.15) is 0 Å². The summed E-state index contributed by atoms with van der Waals surface area (Å²) in [5.74, 6) is 0. The van der Waals surface area contributed by atoms with Gasteiger partial charge in [-0.1, -0.05) is 12.2 Å². The van der Waals surface area contributed by atoms with Crippen LogP contribution in [0.4, 0.5) is 0 Å². The Balaban J connectivity index is 2.14. The molecule has 2 nitrogen and oxygen atoms in total. The van der Waals surface area contributed by atoms with Crippen molar-refractivity contribution in [2.24, 2.45) is 4.99 Å². The van der Waals surface area contributed by atoms with Crippen LogP contribution in [-0.4, -0.2) is 24.0 Å². The molecule has 0 aromatic carbocycles. The zero-order valence-electron chi connectivity index (χ0n) is 7.08. The summed E-state index contributed by atoms with van der Waals surface area (Å²) in [6, 6.07) is 0. The fourth-order valence-electron chi connectivity index (χ4n) is 2.28. The first-order chi connectivity index (χ1) is 5.88. The molecule has 1 aliphatic carbocycles. The van der Waals surface area contributed by atoms with E-state index in [0.29, 0.717) is 6.10 Å². The molecule has 1 saturated heterocycles. The normalized spacial score (nSPS) is 45.6. The smallest absolute Gasteiger partial charge is 0.161 e. The summed E-state index contributed by atoms with van der Waals surface area (Å²) < 4.78 is 5.73. The minimum atomic E-state index is -0.0764. The third-order valence-electron chi connectivity index (χ3n) is 2.94. The van der Waals surface area contributed by atoms with E-state index in [2.05, 4.69) is 30.1 Å². The van der Waals surface area contributed by atoms with Gasteiger partial charge in [0, 0.05) is 6.54 Å². The van der Waals surface area contributed by atoms with E-state index >= 15 is 0 Å². The van der Waals surface area contributed by atoms with E-state index in [4.69, 9.17) is 4.74 Å². The van der Waals surface area contributed by atoms with Crippen molar-refractivity contribution < 1.29 is 4.74 Å². The zero-order valence-corrected chi connectivity index (χ0v) is 7.08. The molecule has 0 saturated carbocycles. The average molecular weight is 161 g/mol. The Labute approximate surface area is 71.6 Å². The Bertz CT molecular complexity index is 327. The predicted octanol–water partition coefficient (Wildman–Crippen LogP) is 1.48. The van der Waals surface area contributed by atoms with Crippen LogP contribution in [0.1, 0.15) is 13.3 Å². The fourth-order valence-corrected chi connectivity index (χ4v) is 2.28. The van der Waals surface area contributed by atoms with E-state index in [1.165, 1.54) is 5.57 Å². The number of ether oxygens (including phenoxy) is 1. The lowest BCUT2D eigenvalue weighted by Gasteiger charge is -2.12. The van der Waals surface area contributed by atoms with Crippen LogP contribution in [0.15, 0.2) is 28.8 Å². The Morgan fingerprint density at radius 2 is 2.58 bits per heavy atom. The molecule has 2 aliphatic heterocycles. The number of rotatable bonds is 0. The number of allylic oxidation sites excluding steroid dienone is 1.